The molecule has 4 N–H and O–H groups in total. The SMILES string of the molecule is Cc1ccc(C(=O)O)c2c(CCCCN)c(-c3ccc4c(c3)OCCO4)[nH]c12. The third kappa shape index (κ3) is 3.20. The number of aryl methyl sites for hydroxylation is 2. The normalized spacial score (nSPS) is 13.1. The Hall–Kier alpha value is -2.99. The fraction of sp³-hybridized carbons (Fsp3) is 0.318. The minimum atomic E-state index is -0.919. The molecule has 0 aliphatic carbocycles. The maximum absolute atomic E-state index is 11.9. The van der Waals surface area contributed by atoms with Gasteiger partial charge in [-0.2, -0.15) is 0 Å². The first-order valence-corrected chi connectivity index (χ1v) is 9.57. The summed E-state index contributed by atoms with van der Waals surface area (Å²) in [6.45, 7) is 3.67. The van der Waals surface area contributed by atoms with Crippen molar-refractivity contribution in [3.63, 3.8) is 0 Å². The van der Waals surface area contributed by atoms with E-state index in [1.165, 1.54) is 0 Å². The molecule has 4 rings (SSSR count). The average Bonchev–Trinajstić information content (AvgIpc) is 3.08. The molecule has 2 heterocycles. The number of benzene rings is 2. The molecule has 0 unspecified atom stereocenters. The van der Waals surface area contributed by atoms with Crippen LogP contribution in [0, 0.1) is 6.92 Å². The van der Waals surface area contributed by atoms with Crippen LogP contribution in [-0.2, 0) is 6.42 Å². The van der Waals surface area contributed by atoms with Crippen LogP contribution in [-0.4, -0.2) is 35.8 Å². The number of unbranched alkanes of at least 4 members (excludes halogenated alkanes) is 1. The monoisotopic (exact) mass is 380 g/mol. The Morgan fingerprint density at radius 2 is 1.93 bits per heavy atom. The predicted octanol–water partition coefficient (Wildman–Crippen LogP) is 3.89. The molecule has 0 saturated carbocycles. The number of aromatic nitrogens is 1. The van der Waals surface area contributed by atoms with E-state index in [2.05, 4.69) is 4.98 Å². The number of H-pyrrole nitrogens is 1. The Morgan fingerprint density at radius 3 is 2.68 bits per heavy atom. The number of hydrogen-bond acceptors (Lipinski definition) is 4. The number of fused-ring (bicyclic) bond motifs is 2. The summed E-state index contributed by atoms with van der Waals surface area (Å²) in [6, 6.07) is 9.39. The molecule has 146 valence electrons. The van der Waals surface area contributed by atoms with Crippen LogP contribution >= 0.6 is 0 Å². The molecule has 28 heavy (non-hydrogen) atoms. The quantitative estimate of drug-likeness (QED) is 0.564. The van der Waals surface area contributed by atoms with E-state index in [1.54, 1.807) is 6.07 Å². The number of aromatic carboxylic acids is 1. The number of nitrogens with two attached hydrogens (primary N) is 1. The zero-order chi connectivity index (χ0) is 19.7. The van der Waals surface area contributed by atoms with Crippen LogP contribution in [0.4, 0.5) is 0 Å². The molecule has 6 nitrogen and oxygen atoms in total. The van der Waals surface area contributed by atoms with E-state index >= 15 is 0 Å². The van der Waals surface area contributed by atoms with Crippen molar-refractivity contribution in [3.05, 3.63) is 47.0 Å². The summed E-state index contributed by atoms with van der Waals surface area (Å²) in [5.41, 5.74) is 10.8. The maximum atomic E-state index is 11.9. The van der Waals surface area contributed by atoms with E-state index in [1.807, 2.05) is 31.2 Å². The van der Waals surface area contributed by atoms with Crippen molar-refractivity contribution < 1.29 is 19.4 Å². The fourth-order valence-electron chi connectivity index (χ4n) is 3.83. The fourth-order valence-corrected chi connectivity index (χ4v) is 3.83. The summed E-state index contributed by atoms with van der Waals surface area (Å²) in [6.07, 6.45) is 2.54. The Labute approximate surface area is 163 Å². The van der Waals surface area contributed by atoms with Crippen molar-refractivity contribution in [1.29, 1.82) is 0 Å². The van der Waals surface area contributed by atoms with E-state index in [-0.39, 0.29) is 0 Å². The van der Waals surface area contributed by atoms with Gasteiger partial charge >= 0.3 is 5.97 Å². The number of ether oxygens (including phenoxy) is 2. The summed E-state index contributed by atoms with van der Waals surface area (Å²) < 4.78 is 11.4. The van der Waals surface area contributed by atoms with Gasteiger partial charge in [0.15, 0.2) is 11.5 Å². The molecule has 0 atom stereocenters. The van der Waals surface area contributed by atoms with Crippen molar-refractivity contribution in [1.82, 2.24) is 4.98 Å². The van der Waals surface area contributed by atoms with Crippen molar-refractivity contribution in [2.75, 3.05) is 19.8 Å². The Morgan fingerprint density at radius 1 is 1.14 bits per heavy atom. The number of carboxylic acid groups (broad SMARTS) is 1. The van der Waals surface area contributed by atoms with Gasteiger partial charge in [0.2, 0.25) is 0 Å². The highest BCUT2D eigenvalue weighted by atomic mass is 16.6. The average molecular weight is 380 g/mol. The summed E-state index contributed by atoms with van der Waals surface area (Å²) in [4.78, 5) is 15.4. The number of nitrogens with one attached hydrogen (secondary N) is 1. The van der Waals surface area contributed by atoms with Gasteiger partial charge in [0.1, 0.15) is 13.2 Å². The van der Waals surface area contributed by atoms with Gasteiger partial charge in [0.25, 0.3) is 0 Å². The number of carbonyl (C=O) groups is 1. The van der Waals surface area contributed by atoms with Crippen LogP contribution in [0.2, 0.25) is 0 Å². The highest BCUT2D eigenvalue weighted by Crippen LogP contribution is 2.39. The lowest BCUT2D eigenvalue weighted by Gasteiger charge is -2.19. The Balaban J connectivity index is 1.92. The Kier molecular flexibility index (Phi) is 4.96. The third-order valence-electron chi connectivity index (χ3n) is 5.21. The number of carboxylic acids is 1. The van der Waals surface area contributed by atoms with Gasteiger partial charge < -0.3 is 25.3 Å². The minimum Gasteiger partial charge on any atom is -0.486 e. The summed E-state index contributed by atoms with van der Waals surface area (Å²) >= 11 is 0. The lowest BCUT2D eigenvalue weighted by molar-refractivity contribution is 0.0699. The molecule has 0 saturated heterocycles. The van der Waals surface area contributed by atoms with Crippen molar-refractivity contribution in [2.45, 2.75) is 26.2 Å². The molecular weight excluding hydrogens is 356 g/mol. The van der Waals surface area contributed by atoms with Gasteiger partial charge in [-0.25, -0.2) is 4.79 Å². The van der Waals surface area contributed by atoms with E-state index in [0.29, 0.717) is 31.1 Å². The lowest BCUT2D eigenvalue weighted by atomic mass is 9.96. The third-order valence-corrected chi connectivity index (χ3v) is 5.21. The van der Waals surface area contributed by atoms with Crippen LogP contribution in [0.5, 0.6) is 11.5 Å². The van der Waals surface area contributed by atoms with Crippen molar-refractivity contribution in [3.8, 4) is 22.8 Å². The van der Waals surface area contributed by atoms with Gasteiger partial charge in [0, 0.05) is 22.2 Å². The largest absolute Gasteiger partial charge is 0.486 e. The molecule has 1 aliphatic heterocycles. The van der Waals surface area contributed by atoms with Crippen LogP contribution < -0.4 is 15.2 Å². The smallest absolute Gasteiger partial charge is 0.336 e. The van der Waals surface area contributed by atoms with Gasteiger partial charge in [-0.1, -0.05) is 6.07 Å². The zero-order valence-corrected chi connectivity index (χ0v) is 15.9. The van der Waals surface area contributed by atoms with Crippen LogP contribution in [0.1, 0.15) is 34.3 Å². The summed E-state index contributed by atoms with van der Waals surface area (Å²) in [5.74, 6) is 0.529. The Bertz CT molecular complexity index is 1040. The topological polar surface area (TPSA) is 97.6 Å². The molecule has 0 fully saturated rings. The van der Waals surface area contributed by atoms with Gasteiger partial charge in [0.05, 0.1) is 5.56 Å². The molecule has 3 aromatic rings. The molecule has 0 radical (unpaired) electrons. The van der Waals surface area contributed by atoms with Crippen LogP contribution in [0.25, 0.3) is 22.2 Å². The van der Waals surface area contributed by atoms with Crippen LogP contribution in [0.3, 0.4) is 0 Å². The van der Waals surface area contributed by atoms with E-state index in [9.17, 15) is 9.90 Å². The standard InChI is InChI=1S/C22H24N2O4/c1-13-5-7-16(22(25)26)19-15(4-2-3-9-23)21(24-20(13)19)14-6-8-17-18(12-14)28-11-10-27-17/h5-8,12,24H,2-4,9-11,23H2,1H3,(H,25,26). The molecule has 6 heteroatoms. The molecule has 2 aromatic carbocycles. The van der Waals surface area contributed by atoms with E-state index in [0.717, 1.165) is 58.3 Å². The number of hydrogen-bond donors (Lipinski definition) is 3. The van der Waals surface area contributed by atoms with Crippen molar-refractivity contribution >= 4 is 16.9 Å². The van der Waals surface area contributed by atoms with Gasteiger partial charge in [-0.3, -0.25) is 0 Å². The second kappa shape index (κ2) is 7.56. The van der Waals surface area contributed by atoms with E-state index in [4.69, 9.17) is 15.2 Å². The second-order valence-electron chi connectivity index (χ2n) is 7.07. The highest BCUT2D eigenvalue weighted by molar-refractivity contribution is 6.07. The van der Waals surface area contributed by atoms with E-state index < -0.39 is 5.97 Å². The number of rotatable bonds is 6. The van der Waals surface area contributed by atoms with Crippen LogP contribution in [0.15, 0.2) is 30.3 Å². The zero-order valence-electron chi connectivity index (χ0n) is 15.9. The highest BCUT2D eigenvalue weighted by Gasteiger charge is 2.21. The molecular formula is C22H24N2O4. The first-order chi connectivity index (χ1) is 13.6. The summed E-state index contributed by atoms with van der Waals surface area (Å²) in [5, 5.41) is 10.5. The number of aromatic amines is 1. The second-order valence-corrected chi connectivity index (χ2v) is 7.07. The first kappa shape index (κ1) is 18.4. The minimum absolute atomic E-state index is 0.323. The van der Waals surface area contributed by atoms with Crippen molar-refractivity contribution in [2.24, 2.45) is 5.73 Å². The summed E-state index contributed by atoms with van der Waals surface area (Å²) in [7, 11) is 0. The molecule has 0 bridgehead atoms. The molecule has 1 aromatic heterocycles. The lowest BCUT2D eigenvalue weighted by Crippen LogP contribution is -2.15. The van der Waals surface area contributed by atoms with Gasteiger partial charge in [-0.05, 0) is 68.1 Å². The predicted molar refractivity (Wildman–Crippen MR) is 108 cm³/mol. The molecule has 0 amide bonds. The molecule has 0 spiro atoms. The van der Waals surface area contributed by atoms with Gasteiger partial charge in [-0.15, -0.1) is 0 Å². The first-order valence-electron chi connectivity index (χ1n) is 9.57. The maximum Gasteiger partial charge on any atom is 0.336 e. The molecule has 1 aliphatic rings.